The van der Waals surface area contributed by atoms with Crippen LogP contribution in [0, 0.1) is 15.9 Å². The molecular formula is C18H19FN2O4S. The Balaban J connectivity index is 2.20. The average Bonchev–Trinajstić information content (AvgIpc) is 2.63. The topological polar surface area (TPSA) is 81.5 Å². The third-order valence-electron chi connectivity index (χ3n) is 3.54. The molecule has 0 heterocycles. The highest BCUT2D eigenvalue weighted by molar-refractivity contribution is 7.99. The second kappa shape index (κ2) is 9.88. The van der Waals surface area contributed by atoms with Crippen LogP contribution in [0.15, 0.2) is 52.3 Å². The molecule has 26 heavy (non-hydrogen) atoms. The Labute approximate surface area is 154 Å². The van der Waals surface area contributed by atoms with Gasteiger partial charge in [0.1, 0.15) is 5.82 Å². The quantitative estimate of drug-likeness (QED) is 0.405. The van der Waals surface area contributed by atoms with E-state index < -0.39 is 16.6 Å². The van der Waals surface area contributed by atoms with Crippen LogP contribution in [-0.4, -0.2) is 31.1 Å². The smallest absolute Gasteiger partial charge is 0.270 e. The van der Waals surface area contributed by atoms with Crippen LogP contribution >= 0.6 is 11.8 Å². The molecule has 0 saturated heterocycles. The van der Waals surface area contributed by atoms with Crippen LogP contribution in [0.25, 0.3) is 0 Å². The van der Waals surface area contributed by atoms with Gasteiger partial charge in [-0.1, -0.05) is 23.9 Å². The molecule has 0 atom stereocenters. The van der Waals surface area contributed by atoms with E-state index in [0.717, 1.165) is 24.6 Å². The Bertz CT molecular complexity index is 786. The number of halogens is 1. The molecule has 0 aliphatic heterocycles. The number of nitrogens with one attached hydrogen (secondary N) is 1. The maximum Gasteiger partial charge on any atom is 0.270 e. The van der Waals surface area contributed by atoms with Crippen LogP contribution in [0.1, 0.15) is 23.2 Å². The van der Waals surface area contributed by atoms with Gasteiger partial charge in [-0.3, -0.25) is 14.9 Å². The lowest BCUT2D eigenvalue weighted by Gasteiger charge is -2.10. The van der Waals surface area contributed by atoms with Crippen molar-refractivity contribution in [1.82, 2.24) is 5.32 Å². The van der Waals surface area contributed by atoms with Gasteiger partial charge in [-0.05, 0) is 31.0 Å². The highest BCUT2D eigenvalue weighted by atomic mass is 32.2. The van der Waals surface area contributed by atoms with Crippen LogP contribution in [0.5, 0.6) is 0 Å². The number of hydrogen-bond acceptors (Lipinski definition) is 5. The summed E-state index contributed by atoms with van der Waals surface area (Å²) in [4.78, 5) is 23.7. The predicted octanol–water partition coefficient (Wildman–Crippen LogP) is 4.04. The predicted molar refractivity (Wildman–Crippen MR) is 97.1 cm³/mol. The van der Waals surface area contributed by atoms with Crippen LogP contribution < -0.4 is 5.32 Å². The molecule has 8 heteroatoms. The Morgan fingerprint density at radius 2 is 2.00 bits per heavy atom. The summed E-state index contributed by atoms with van der Waals surface area (Å²) in [6, 6.07) is 10.2. The molecule has 0 bridgehead atoms. The van der Waals surface area contributed by atoms with E-state index in [4.69, 9.17) is 4.74 Å². The van der Waals surface area contributed by atoms with Crippen LogP contribution in [0.3, 0.4) is 0 Å². The number of benzene rings is 2. The molecular weight excluding hydrogens is 359 g/mol. The van der Waals surface area contributed by atoms with Crippen molar-refractivity contribution >= 4 is 23.4 Å². The maximum absolute atomic E-state index is 13.9. The summed E-state index contributed by atoms with van der Waals surface area (Å²) in [5, 5.41) is 13.8. The van der Waals surface area contributed by atoms with Crippen molar-refractivity contribution in [3.05, 3.63) is 64.0 Å². The van der Waals surface area contributed by atoms with Gasteiger partial charge in [-0.2, -0.15) is 0 Å². The molecule has 2 aromatic carbocycles. The Morgan fingerprint density at radius 1 is 1.23 bits per heavy atom. The zero-order chi connectivity index (χ0) is 18.9. The first-order valence-corrected chi connectivity index (χ1v) is 8.82. The minimum absolute atomic E-state index is 0.152. The first-order valence-electron chi connectivity index (χ1n) is 8.01. The number of ether oxygens (including phenoxy) is 1. The fraction of sp³-hybridized carbons (Fsp3) is 0.278. The van der Waals surface area contributed by atoms with E-state index in [0.29, 0.717) is 22.9 Å². The van der Waals surface area contributed by atoms with Crippen molar-refractivity contribution in [1.29, 1.82) is 0 Å². The number of unbranched alkanes of at least 4 members (excludes halogenated alkanes) is 1. The molecule has 138 valence electrons. The monoisotopic (exact) mass is 378 g/mol. The van der Waals surface area contributed by atoms with E-state index >= 15 is 0 Å². The van der Waals surface area contributed by atoms with Crippen molar-refractivity contribution in [2.45, 2.75) is 22.6 Å². The van der Waals surface area contributed by atoms with Gasteiger partial charge in [0.2, 0.25) is 0 Å². The van der Waals surface area contributed by atoms with Crippen molar-refractivity contribution in [3.63, 3.8) is 0 Å². The lowest BCUT2D eigenvalue weighted by molar-refractivity contribution is -0.384. The van der Waals surface area contributed by atoms with E-state index in [-0.39, 0.29) is 11.3 Å². The van der Waals surface area contributed by atoms with E-state index in [1.165, 1.54) is 24.3 Å². The van der Waals surface area contributed by atoms with Gasteiger partial charge in [-0.25, -0.2) is 4.39 Å². The van der Waals surface area contributed by atoms with Gasteiger partial charge in [-0.15, -0.1) is 0 Å². The summed E-state index contributed by atoms with van der Waals surface area (Å²) >= 11 is 1.06. The van der Waals surface area contributed by atoms with E-state index in [2.05, 4.69) is 5.32 Å². The lowest BCUT2D eigenvalue weighted by atomic mass is 10.2. The number of nitro benzene ring substituents is 1. The molecule has 0 aromatic heterocycles. The number of nitrogens with zero attached hydrogens (tertiary/aromatic N) is 1. The SMILES string of the molecule is COCCCCNC(=O)c1cc([N+](=O)[O-])ccc1Sc1ccccc1F. The first-order chi connectivity index (χ1) is 12.5. The van der Waals surface area contributed by atoms with Gasteiger partial charge in [0, 0.05) is 42.2 Å². The third-order valence-corrected chi connectivity index (χ3v) is 4.66. The van der Waals surface area contributed by atoms with Crippen molar-refractivity contribution in [2.24, 2.45) is 0 Å². The largest absolute Gasteiger partial charge is 0.385 e. The highest BCUT2D eigenvalue weighted by Gasteiger charge is 2.18. The second-order valence-electron chi connectivity index (χ2n) is 5.43. The van der Waals surface area contributed by atoms with Crippen molar-refractivity contribution in [3.8, 4) is 0 Å². The number of amides is 1. The zero-order valence-corrected chi connectivity index (χ0v) is 15.1. The van der Waals surface area contributed by atoms with E-state index in [1.807, 2.05) is 0 Å². The summed E-state index contributed by atoms with van der Waals surface area (Å²) in [5.74, 6) is -0.841. The molecule has 6 nitrogen and oxygen atoms in total. The normalized spacial score (nSPS) is 10.5. The number of rotatable bonds is 9. The summed E-state index contributed by atoms with van der Waals surface area (Å²) in [7, 11) is 1.61. The molecule has 2 rings (SSSR count). The summed E-state index contributed by atoms with van der Waals surface area (Å²) in [6.07, 6.45) is 1.52. The van der Waals surface area contributed by atoms with Crippen LogP contribution in [0.4, 0.5) is 10.1 Å². The molecule has 0 aliphatic rings. The fourth-order valence-electron chi connectivity index (χ4n) is 2.21. The van der Waals surface area contributed by atoms with Crippen molar-refractivity contribution in [2.75, 3.05) is 20.3 Å². The first kappa shape index (κ1) is 19.9. The molecule has 0 fully saturated rings. The molecule has 0 spiro atoms. The average molecular weight is 378 g/mol. The number of nitro groups is 1. The summed E-state index contributed by atoms with van der Waals surface area (Å²) in [5.41, 5.74) is -0.0355. The number of carbonyl (C=O) groups excluding carboxylic acids is 1. The standard InChI is InChI=1S/C18H19FN2O4S/c1-25-11-5-4-10-20-18(22)14-12-13(21(23)24)8-9-16(14)26-17-7-3-2-6-15(17)19/h2-3,6-9,12H,4-5,10-11H2,1H3,(H,20,22). The lowest BCUT2D eigenvalue weighted by Crippen LogP contribution is -2.25. The molecule has 1 N–H and O–H groups in total. The Morgan fingerprint density at radius 3 is 2.69 bits per heavy atom. The third kappa shape index (κ3) is 5.53. The number of hydrogen-bond donors (Lipinski definition) is 1. The van der Waals surface area contributed by atoms with Crippen LogP contribution in [-0.2, 0) is 4.74 Å². The van der Waals surface area contributed by atoms with Gasteiger partial charge in [0.25, 0.3) is 11.6 Å². The summed E-state index contributed by atoms with van der Waals surface area (Å²) in [6.45, 7) is 1.02. The van der Waals surface area contributed by atoms with Crippen molar-refractivity contribution < 1.29 is 18.8 Å². The van der Waals surface area contributed by atoms with Gasteiger partial charge >= 0.3 is 0 Å². The number of carbonyl (C=O) groups is 1. The minimum Gasteiger partial charge on any atom is -0.385 e. The molecule has 0 saturated carbocycles. The Kier molecular flexibility index (Phi) is 7.55. The van der Waals surface area contributed by atoms with E-state index in [1.54, 1.807) is 25.3 Å². The molecule has 0 unspecified atom stereocenters. The highest BCUT2D eigenvalue weighted by Crippen LogP contribution is 2.34. The molecule has 1 amide bonds. The minimum atomic E-state index is -0.563. The van der Waals surface area contributed by atoms with Crippen LogP contribution in [0.2, 0.25) is 0 Å². The number of methoxy groups -OCH3 is 1. The second-order valence-corrected chi connectivity index (χ2v) is 6.51. The fourth-order valence-corrected chi connectivity index (χ4v) is 3.16. The Hall–Kier alpha value is -2.45. The molecule has 2 aromatic rings. The maximum atomic E-state index is 13.9. The summed E-state index contributed by atoms with van der Waals surface area (Å²) < 4.78 is 18.8. The molecule has 0 radical (unpaired) electrons. The molecule has 0 aliphatic carbocycles. The number of non-ortho nitro benzene ring substituents is 1. The van der Waals surface area contributed by atoms with Gasteiger partial charge < -0.3 is 10.1 Å². The van der Waals surface area contributed by atoms with Gasteiger partial charge in [0.15, 0.2) is 0 Å². The van der Waals surface area contributed by atoms with E-state index in [9.17, 15) is 19.3 Å². The van der Waals surface area contributed by atoms with Gasteiger partial charge in [0.05, 0.1) is 10.5 Å². The zero-order valence-electron chi connectivity index (χ0n) is 14.2.